The molecule has 0 fully saturated rings. The number of aryl methyl sites for hydroxylation is 1. The quantitative estimate of drug-likeness (QED) is 0.832. The summed E-state index contributed by atoms with van der Waals surface area (Å²) in [6.45, 7) is 3.69. The van der Waals surface area contributed by atoms with Crippen LogP contribution < -0.4 is 5.56 Å². The van der Waals surface area contributed by atoms with E-state index >= 15 is 0 Å². The molecule has 4 nitrogen and oxygen atoms in total. The second-order valence-corrected chi connectivity index (χ2v) is 4.65. The van der Waals surface area contributed by atoms with E-state index in [4.69, 9.17) is 23.2 Å². The van der Waals surface area contributed by atoms with Crippen LogP contribution in [0.15, 0.2) is 11.1 Å². The Morgan fingerprint density at radius 1 is 1.53 bits per heavy atom. The fourth-order valence-electron chi connectivity index (χ4n) is 0.997. The zero-order chi connectivity index (χ0) is 11.6. The number of nitrogens with zero attached hydrogens (tertiary/aromatic N) is 2. The second-order valence-electron chi connectivity index (χ2n) is 3.91. The van der Waals surface area contributed by atoms with Crippen LogP contribution in [0.25, 0.3) is 0 Å². The number of aromatic nitrogens is 2. The molecule has 0 aliphatic heterocycles. The van der Waals surface area contributed by atoms with E-state index in [1.165, 1.54) is 10.9 Å². The summed E-state index contributed by atoms with van der Waals surface area (Å²) < 4.78 is 1.33. The Bertz CT molecular complexity index is 410. The highest BCUT2D eigenvalue weighted by atomic mass is 35.5. The molecule has 0 aliphatic rings. The maximum Gasteiger partial charge on any atom is 0.273 e. The summed E-state index contributed by atoms with van der Waals surface area (Å²) in [4.78, 5) is 15.3. The van der Waals surface area contributed by atoms with E-state index in [1.54, 1.807) is 13.8 Å². The number of halogens is 2. The van der Waals surface area contributed by atoms with Gasteiger partial charge in [0.2, 0.25) is 0 Å². The van der Waals surface area contributed by atoms with Crippen molar-refractivity contribution in [2.24, 2.45) is 0 Å². The van der Waals surface area contributed by atoms with E-state index in [2.05, 4.69) is 4.98 Å². The average molecular weight is 251 g/mol. The Morgan fingerprint density at radius 2 is 2.13 bits per heavy atom. The predicted octanol–water partition coefficient (Wildman–Crippen LogP) is 1.71. The van der Waals surface area contributed by atoms with Crippen LogP contribution >= 0.6 is 23.2 Å². The van der Waals surface area contributed by atoms with Gasteiger partial charge in [-0.25, -0.2) is 4.98 Å². The summed E-state index contributed by atoms with van der Waals surface area (Å²) >= 11 is 11.2. The minimum atomic E-state index is -0.828. The first-order valence-electron chi connectivity index (χ1n) is 4.44. The molecule has 0 saturated heterocycles. The molecule has 0 amide bonds. The van der Waals surface area contributed by atoms with Crippen molar-refractivity contribution >= 4 is 23.2 Å². The van der Waals surface area contributed by atoms with Gasteiger partial charge >= 0.3 is 0 Å². The molecule has 15 heavy (non-hydrogen) atoms. The molecular weight excluding hydrogens is 239 g/mol. The molecule has 0 saturated carbocycles. The van der Waals surface area contributed by atoms with E-state index in [1.807, 2.05) is 0 Å². The normalized spacial score (nSPS) is 11.8. The topological polar surface area (TPSA) is 55.1 Å². The Labute approximate surface area is 97.5 Å². The molecule has 1 aromatic heterocycles. The van der Waals surface area contributed by atoms with Gasteiger partial charge in [0.25, 0.3) is 5.56 Å². The maximum atomic E-state index is 11.5. The molecule has 1 aromatic rings. The van der Waals surface area contributed by atoms with Crippen molar-refractivity contribution in [1.82, 2.24) is 9.55 Å². The lowest BCUT2D eigenvalue weighted by molar-refractivity contribution is 0.0658. The number of aliphatic hydroxyl groups is 1. The predicted molar refractivity (Wildman–Crippen MR) is 59.4 cm³/mol. The van der Waals surface area contributed by atoms with Crippen molar-refractivity contribution in [2.45, 2.75) is 32.4 Å². The van der Waals surface area contributed by atoms with Crippen LogP contribution in [0, 0.1) is 0 Å². The molecular formula is C9H12Cl2N2O2. The van der Waals surface area contributed by atoms with Gasteiger partial charge < -0.3 is 5.11 Å². The lowest BCUT2D eigenvalue weighted by atomic mass is 10.1. The largest absolute Gasteiger partial charge is 0.390 e. The molecule has 6 heteroatoms. The van der Waals surface area contributed by atoms with Crippen LogP contribution in [0.2, 0.25) is 10.2 Å². The van der Waals surface area contributed by atoms with Crippen LogP contribution in [0.5, 0.6) is 0 Å². The molecule has 84 valence electrons. The van der Waals surface area contributed by atoms with Crippen molar-refractivity contribution in [3.63, 3.8) is 0 Å². The first-order chi connectivity index (χ1) is 6.81. The molecule has 0 radical (unpaired) electrons. The van der Waals surface area contributed by atoms with Gasteiger partial charge in [-0.1, -0.05) is 23.2 Å². The van der Waals surface area contributed by atoms with Gasteiger partial charge in [0.1, 0.15) is 5.02 Å². The summed E-state index contributed by atoms with van der Waals surface area (Å²) in [7, 11) is 0. The van der Waals surface area contributed by atoms with Gasteiger partial charge in [-0.15, -0.1) is 0 Å². The zero-order valence-corrected chi connectivity index (χ0v) is 10.0. The number of rotatable bonds is 3. The minimum Gasteiger partial charge on any atom is -0.390 e. The van der Waals surface area contributed by atoms with Gasteiger partial charge in [-0.05, 0) is 20.3 Å². The first-order valence-corrected chi connectivity index (χ1v) is 5.20. The van der Waals surface area contributed by atoms with Crippen molar-refractivity contribution < 1.29 is 5.11 Å². The number of hydrogen-bond acceptors (Lipinski definition) is 3. The third-order valence-corrected chi connectivity index (χ3v) is 2.63. The lowest BCUT2D eigenvalue weighted by Crippen LogP contribution is -2.27. The Hall–Kier alpha value is -0.580. The van der Waals surface area contributed by atoms with Crippen molar-refractivity contribution in [1.29, 1.82) is 0 Å². The summed E-state index contributed by atoms with van der Waals surface area (Å²) in [5.41, 5.74) is -1.22. The highest BCUT2D eigenvalue weighted by Gasteiger charge is 2.14. The molecule has 1 heterocycles. The Morgan fingerprint density at radius 3 is 2.67 bits per heavy atom. The van der Waals surface area contributed by atoms with Gasteiger partial charge in [0.15, 0.2) is 5.15 Å². The molecule has 0 atom stereocenters. The van der Waals surface area contributed by atoms with Crippen LogP contribution in [0.3, 0.4) is 0 Å². The standard InChI is InChI=1S/C9H12Cl2N2O2/c1-9(2,15)3-4-13-5-12-7(11)6(10)8(13)14/h5,15H,3-4H2,1-2H3. The molecule has 0 aromatic carbocycles. The Kier molecular flexibility index (Phi) is 3.76. The van der Waals surface area contributed by atoms with E-state index in [9.17, 15) is 9.90 Å². The summed E-state index contributed by atoms with van der Waals surface area (Å²) in [6.07, 6.45) is 1.76. The fourth-order valence-corrected chi connectivity index (χ4v) is 1.28. The van der Waals surface area contributed by atoms with Crippen LogP contribution in [-0.4, -0.2) is 20.3 Å². The van der Waals surface area contributed by atoms with E-state index < -0.39 is 5.60 Å². The van der Waals surface area contributed by atoms with E-state index in [0.717, 1.165) is 0 Å². The molecule has 0 bridgehead atoms. The second kappa shape index (κ2) is 4.51. The first kappa shape index (κ1) is 12.5. The SMILES string of the molecule is CC(C)(O)CCn1cnc(Cl)c(Cl)c1=O. The van der Waals surface area contributed by atoms with Gasteiger partial charge in [0.05, 0.1) is 11.9 Å². The summed E-state index contributed by atoms with van der Waals surface area (Å²) in [6, 6.07) is 0. The Balaban J connectivity index is 2.89. The molecule has 0 spiro atoms. The smallest absolute Gasteiger partial charge is 0.273 e. The van der Waals surface area contributed by atoms with Crippen LogP contribution in [0.1, 0.15) is 20.3 Å². The monoisotopic (exact) mass is 250 g/mol. The summed E-state index contributed by atoms with van der Waals surface area (Å²) in [5.74, 6) is 0. The molecule has 0 unspecified atom stereocenters. The minimum absolute atomic E-state index is 0.00109. The molecule has 1 N–H and O–H groups in total. The van der Waals surface area contributed by atoms with Gasteiger partial charge in [0, 0.05) is 6.54 Å². The fraction of sp³-hybridized carbons (Fsp3) is 0.556. The van der Waals surface area contributed by atoms with E-state index in [0.29, 0.717) is 13.0 Å². The van der Waals surface area contributed by atoms with Crippen molar-refractivity contribution in [3.05, 3.63) is 26.9 Å². The lowest BCUT2D eigenvalue weighted by Gasteiger charge is -2.17. The van der Waals surface area contributed by atoms with Crippen LogP contribution in [-0.2, 0) is 6.54 Å². The van der Waals surface area contributed by atoms with Crippen molar-refractivity contribution in [2.75, 3.05) is 0 Å². The number of hydrogen-bond donors (Lipinski definition) is 1. The van der Waals surface area contributed by atoms with Gasteiger partial charge in [-0.2, -0.15) is 0 Å². The summed E-state index contributed by atoms with van der Waals surface area (Å²) in [5, 5.41) is 9.41. The average Bonchev–Trinajstić information content (AvgIpc) is 2.12. The highest BCUT2D eigenvalue weighted by Crippen LogP contribution is 2.13. The third-order valence-electron chi connectivity index (χ3n) is 1.90. The van der Waals surface area contributed by atoms with E-state index in [-0.39, 0.29) is 15.7 Å². The molecule has 1 rings (SSSR count). The third kappa shape index (κ3) is 3.48. The molecule has 0 aliphatic carbocycles. The van der Waals surface area contributed by atoms with Crippen molar-refractivity contribution in [3.8, 4) is 0 Å². The zero-order valence-electron chi connectivity index (χ0n) is 8.50. The highest BCUT2D eigenvalue weighted by molar-refractivity contribution is 6.40. The maximum absolute atomic E-state index is 11.5. The van der Waals surface area contributed by atoms with Crippen LogP contribution in [0.4, 0.5) is 0 Å². The van der Waals surface area contributed by atoms with Gasteiger partial charge in [-0.3, -0.25) is 9.36 Å².